The number of hydrogen-bond donors (Lipinski definition) is 2. The first-order chi connectivity index (χ1) is 19.3. The predicted octanol–water partition coefficient (Wildman–Crippen LogP) is 5.07. The number of halogens is 1. The number of nitrogens with zero attached hydrogens (tertiary/aromatic N) is 1. The molecule has 2 atom stereocenters. The molecule has 0 bridgehead atoms. The van der Waals surface area contributed by atoms with Gasteiger partial charge in [-0.3, -0.25) is 9.59 Å². The van der Waals surface area contributed by atoms with Crippen molar-refractivity contribution in [3.8, 4) is 0 Å². The molecular formula is C31H40ClN3O5. The molecule has 1 aliphatic rings. The minimum atomic E-state index is -0.846. The molecule has 1 aliphatic carbocycles. The fraction of sp³-hybridized carbons (Fsp3) is 0.484. The van der Waals surface area contributed by atoms with Crippen molar-refractivity contribution >= 4 is 35.8 Å². The molecule has 0 spiro atoms. The molecule has 0 unspecified atom stereocenters. The highest BCUT2D eigenvalue weighted by Gasteiger charge is 2.28. The summed E-state index contributed by atoms with van der Waals surface area (Å²) in [6.45, 7) is 0.576. The number of hydrogen-bond acceptors (Lipinski definition) is 5. The lowest BCUT2D eigenvalue weighted by atomic mass is 9.84. The molecule has 216 valence electrons. The SMILES string of the molecule is CN(CCc1ccccc1)C(=O)CC[C@@H](C=O)NC(=O)[C@H](CC1CCCCC1)NC(=O)OCc1cccc(Cl)c1. The van der Waals surface area contributed by atoms with Gasteiger partial charge in [0, 0.05) is 25.0 Å². The van der Waals surface area contributed by atoms with Crippen LogP contribution in [0.1, 0.15) is 62.5 Å². The van der Waals surface area contributed by atoms with Gasteiger partial charge >= 0.3 is 6.09 Å². The van der Waals surface area contributed by atoms with Crippen molar-refractivity contribution in [2.45, 2.75) is 76.5 Å². The maximum atomic E-state index is 13.2. The molecule has 0 saturated heterocycles. The summed E-state index contributed by atoms with van der Waals surface area (Å²) >= 11 is 6.00. The van der Waals surface area contributed by atoms with Crippen LogP contribution in [0.15, 0.2) is 54.6 Å². The maximum absolute atomic E-state index is 13.2. The fourth-order valence-electron chi connectivity index (χ4n) is 4.94. The van der Waals surface area contributed by atoms with Crippen LogP contribution in [-0.4, -0.2) is 54.8 Å². The average Bonchev–Trinajstić information content (AvgIpc) is 2.97. The van der Waals surface area contributed by atoms with Gasteiger partial charge in [-0.2, -0.15) is 0 Å². The van der Waals surface area contributed by atoms with Crippen LogP contribution in [-0.2, 0) is 32.1 Å². The molecule has 3 rings (SSSR count). The van der Waals surface area contributed by atoms with Gasteiger partial charge in [0.1, 0.15) is 18.9 Å². The summed E-state index contributed by atoms with van der Waals surface area (Å²) in [5.74, 6) is -0.252. The second-order valence-corrected chi connectivity index (χ2v) is 10.9. The first kappa shape index (κ1) is 31.1. The lowest BCUT2D eigenvalue weighted by Crippen LogP contribution is -2.51. The Balaban J connectivity index is 1.51. The summed E-state index contributed by atoms with van der Waals surface area (Å²) in [6, 6.07) is 15.2. The van der Waals surface area contributed by atoms with Gasteiger partial charge in [-0.25, -0.2) is 4.79 Å². The smallest absolute Gasteiger partial charge is 0.408 e. The molecule has 0 heterocycles. The first-order valence-electron chi connectivity index (χ1n) is 14.1. The molecule has 2 aromatic carbocycles. The highest BCUT2D eigenvalue weighted by atomic mass is 35.5. The average molecular weight is 570 g/mol. The summed E-state index contributed by atoms with van der Waals surface area (Å²) in [7, 11) is 1.74. The van der Waals surface area contributed by atoms with Crippen LogP contribution >= 0.6 is 11.6 Å². The Kier molecular flexibility index (Phi) is 13.0. The van der Waals surface area contributed by atoms with Gasteiger partial charge < -0.3 is 25.1 Å². The van der Waals surface area contributed by atoms with E-state index >= 15 is 0 Å². The highest BCUT2D eigenvalue weighted by Crippen LogP contribution is 2.27. The third-order valence-corrected chi connectivity index (χ3v) is 7.56. The quantitative estimate of drug-likeness (QED) is 0.309. The van der Waals surface area contributed by atoms with Gasteiger partial charge in [-0.1, -0.05) is 86.2 Å². The number of amides is 3. The number of alkyl carbamates (subject to hydrolysis) is 1. The zero-order valence-electron chi connectivity index (χ0n) is 23.2. The molecule has 8 nitrogen and oxygen atoms in total. The monoisotopic (exact) mass is 569 g/mol. The summed E-state index contributed by atoms with van der Waals surface area (Å²) in [5.41, 5.74) is 1.87. The Bertz CT molecular complexity index is 1110. The van der Waals surface area contributed by atoms with E-state index in [-0.39, 0.29) is 25.4 Å². The molecule has 0 aromatic heterocycles. The molecule has 1 fully saturated rings. The fourth-order valence-corrected chi connectivity index (χ4v) is 5.15. The normalized spacial score (nSPS) is 14.9. The number of nitrogens with one attached hydrogen (secondary N) is 2. The topological polar surface area (TPSA) is 105 Å². The van der Waals surface area contributed by atoms with E-state index < -0.39 is 24.1 Å². The number of carbonyl (C=O) groups excluding carboxylic acids is 4. The first-order valence-corrected chi connectivity index (χ1v) is 14.4. The van der Waals surface area contributed by atoms with E-state index in [1.165, 1.54) is 6.42 Å². The van der Waals surface area contributed by atoms with Crippen LogP contribution < -0.4 is 10.6 Å². The van der Waals surface area contributed by atoms with E-state index in [2.05, 4.69) is 10.6 Å². The van der Waals surface area contributed by atoms with E-state index in [0.29, 0.717) is 30.2 Å². The Labute approximate surface area is 241 Å². The largest absolute Gasteiger partial charge is 0.445 e. The lowest BCUT2D eigenvalue weighted by molar-refractivity contribution is -0.131. The Morgan fingerprint density at radius 3 is 2.45 bits per heavy atom. The Morgan fingerprint density at radius 1 is 1.02 bits per heavy atom. The van der Waals surface area contributed by atoms with Gasteiger partial charge in [0.2, 0.25) is 11.8 Å². The number of ether oxygens (including phenoxy) is 1. The maximum Gasteiger partial charge on any atom is 0.408 e. The van der Waals surface area contributed by atoms with Crippen molar-refractivity contribution in [2.75, 3.05) is 13.6 Å². The van der Waals surface area contributed by atoms with Crippen molar-refractivity contribution < 1.29 is 23.9 Å². The molecular weight excluding hydrogens is 530 g/mol. The van der Waals surface area contributed by atoms with Crippen LogP contribution in [0.25, 0.3) is 0 Å². The Morgan fingerprint density at radius 2 is 1.75 bits per heavy atom. The van der Waals surface area contributed by atoms with Gasteiger partial charge in [-0.15, -0.1) is 0 Å². The molecule has 0 aliphatic heterocycles. The molecule has 2 N–H and O–H groups in total. The third-order valence-electron chi connectivity index (χ3n) is 7.33. The van der Waals surface area contributed by atoms with E-state index in [1.807, 2.05) is 30.3 Å². The molecule has 0 radical (unpaired) electrons. The predicted molar refractivity (Wildman–Crippen MR) is 155 cm³/mol. The van der Waals surface area contributed by atoms with Gasteiger partial charge in [-0.05, 0) is 48.4 Å². The molecule has 9 heteroatoms. The molecule has 2 aromatic rings. The highest BCUT2D eigenvalue weighted by molar-refractivity contribution is 6.30. The minimum absolute atomic E-state index is 0.0149. The summed E-state index contributed by atoms with van der Waals surface area (Å²) in [4.78, 5) is 51.9. The second kappa shape index (κ2) is 16.7. The minimum Gasteiger partial charge on any atom is -0.445 e. The number of likely N-dealkylation sites (N-methyl/N-ethyl adjacent to an activating group) is 1. The standard InChI is InChI=1S/C31H40ClN3O5/c1-35(18-17-23-9-4-2-5-10-23)29(37)16-15-27(21-36)33-30(38)28(20-24-11-6-3-7-12-24)34-31(39)40-22-25-13-8-14-26(32)19-25/h2,4-5,8-10,13-14,19,21,24,27-28H,3,6-7,11-12,15-18,20,22H2,1H3,(H,33,38)(H,34,39)/t27-,28-/m0/s1. The number of aldehydes is 1. The Hall–Kier alpha value is -3.39. The lowest BCUT2D eigenvalue weighted by Gasteiger charge is -2.27. The second-order valence-electron chi connectivity index (χ2n) is 10.5. The van der Waals surface area contributed by atoms with Crippen LogP contribution in [0.5, 0.6) is 0 Å². The van der Waals surface area contributed by atoms with E-state index in [9.17, 15) is 19.2 Å². The van der Waals surface area contributed by atoms with E-state index in [0.717, 1.165) is 43.2 Å². The zero-order valence-corrected chi connectivity index (χ0v) is 23.9. The van der Waals surface area contributed by atoms with Crippen molar-refractivity contribution in [1.82, 2.24) is 15.5 Å². The van der Waals surface area contributed by atoms with Crippen molar-refractivity contribution in [3.05, 3.63) is 70.7 Å². The molecule has 1 saturated carbocycles. The third kappa shape index (κ3) is 11.0. The zero-order chi connectivity index (χ0) is 28.7. The van der Waals surface area contributed by atoms with Crippen molar-refractivity contribution in [1.29, 1.82) is 0 Å². The van der Waals surface area contributed by atoms with E-state index in [4.69, 9.17) is 16.3 Å². The van der Waals surface area contributed by atoms with Crippen molar-refractivity contribution in [2.24, 2.45) is 5.92 Å². The summed E-state index contributed by atoms with van der Waals surface area (Å²) in [5, 5.41) is 5.96. The molecule has 40 heavy (non-hydrogen) atoms. The van der Waals surface area contributed by atoms with Crippen LogP contribution in [0, 0.1) is 5.92 Å². The van der Waals surface area contributed by atoms with Crippen LogP contribution in [0.3, 0.4) is 0 Å². The van der Waals surface area contributed by atoms with Gasteiger partial charge in [0.15, 0.2) is 0 Å². The summed E-state index contributed by atoms with van der Waals surface area (Å²) in [6.07, 6.45) is 6.76. The van der Waals surface area contributed by atoms with Crippen LogP contribution in [0.4, 0.5) is 4.79 Å². The summed E-state index contributed by atoms with van der Waals surface area (Å²) < 4.78 is 5.34. The number of benzene rings is 2. The number of rotatable bonds is 14. The van der Waals surface area contributed by atoms with E-state index in [1.54, 1.807) is 36.2 Å². The number of carbonyl (C=O) groups is 4. The van der Waals surface area contributed by atoms with Crippen LogP contribution in [0.2, 0.25) is 5.02 Å². The van der Waals surface area contributed by atoms with Crippen molar-refractivity contribution in [3.63, 3.8) is 0 Å². The molecule has 3 amide bonds. The van der Waals surface area contributed by atoms with Gasteiger partial charge in [0.25, 0.3) is 0 Å². The van der Waals surface area contributed by atoms with Gasteiger partial charge in [0.05, 0.1) is 6.04 Å².